The fourth-order valence-electron chi connectivity index (χ4n) is 2.49. The molecule has 0 bridgehead atoms. The molecule has 5 nitrogen and oxygen atoms in total. The van der Waals surface area contributed by atoms with Crippen LogP contribution in [0.3, 0.4) is 0 Å². The Kier molecular flexibility index (Phi) is 6.43. The second-order valence-electron chi connectivity index (χ2n) is 5.79. The van der Waals surface area contributed by atoms with Crippen LogP contribution < -0.4 is 10.0 Å². The van der Waals surface area contributed by atoms with Crippen molar-refractivity contribution in [3.05, 3.63) is 82.8 Å². The first kappa shape index (κ1) is 20.4. The SMILES string of the molecule is CSc1cccc(NC(=O)c2ccccc2NS(=O)(=O)c2ccc(Br)cc2)c1. The van der Waals surface area contributed by atoms with Gasteiger partial charge in [0.15, 0.2) is 0 Å². The van der Waals surface area contributed by atoms with Gasteiger partial charge in [-0.1, -0.05) is 34.1 Å². The minimum atomic E-state index is -3.82. The minimum Gasteiger partial charge on any atom is -0.322 e. The van der Waals surface area contributed by atoms with Crippen LogP contribution in [0, 0.1) is 0 Å². The highest BCUT2D eigenvalue weighted by Crippen LogP contribution is 2.24. The number of thioether (sulfide) groups is 1. The average molecular weight is 477 g/mol. The summed E-state index contributed by atoms with van der Waals surface area (Å²) in [6, 6.07) is 20.2. The highest BCUT2D eigenvalue weighted by atomic mass is 79.9. The maximum absolute atomic E-state index is 12.7. The zero-order chi connectivity index (χ0) is 20.1. The molecule has 0 unspecified atom stereocenters. The molecule has 0 aromatic heterocycles. The van der Waals surface area contributed by atoms with Gasteiger partial charge in [0.1, 0.15) is 0 Å². The van der Waals surface area contributed by atoms with E-state index in [2.05, 4.69) is 26.0 Å². The lowest BCUT2D eigenvalue weighted by molar-refractivity contribution is 0.102. The third-order valence-electron chi connectivity index (χ3n) is 3.87. The molecule has 0 saturated heterocycles. The maximum atomic E-state index is 12.7. The van der Waals surface area contributed by atoms with Crippen molar-refractivity contribution in [1.29, 1.82) is 0 Å². The molecule has 3 aromatic carbocycles. The Morgan fingerprint density at radius 1 is 0.964 bits per heavy atom. The summed E-state index contributed by atoms with van der Waals surface area (Å²) in [5, 5.41) is 2.81. The molecule has 0 aliphatic carbocycles. The Morgan fingerprint density at radius 2 is 1.68 bits per heavy atom. The van der Waals surface area contributed by atoms with Crippen molar-refractivity contribution in [1.82, 2.24) is 0 Å². The van der Waals surface area contributed by atoms with Crippen LogP contribution in [0.5, 0.6) is 0 Å². The van der Waals surface area contributed by atoms with Gasteiger partial charge >= 0.3 is 0 Å². The van der Waals surface area contributed by atoms with Gasteiger partial charge in [0.25, 0.3) is 15.9 Å². The fourth-order valence-corrected chi connectivity index (χ4v) is 4.29. The Hall–Kier alpha value is -2.29. The van der Waals surface area contributed by atoms with Gasteiger partial charge in [0, 0.05) is 15.1 Å². The molecule has 0 saturated carbocycles. The highest BCUT2D eigenvalue weighted by molar-refractivity contribution is 9.10. The summed E-state index contributed by atoms with van der Waals surface area (Å²) >= 11 is 4.85. The summed E-state index contributed by atoms with van der Waals surface area (Å²) in [5.74, 6) is -0.396. The molecule has 0 fully saturated rings. The zero-order valence-electron chi connectivity index (χ0n) is 14.8. The van der Waals surface area contributed by atoms with Crippen molar-refractivity contribution in [3.8, 4) is 0 Å². The first-order valence-corrected chi connectivity index (χ1v) is 11.7. The Labute approximate surface area is 176 Å². The number of carbonyl (C=O) groups is 1. The van der Waals surface area contributed by atoms with Crippen LogP contribution in [-0.4, -0.2) is 20.6 Å². The van der Waals surface area contributed by atoms with Gasteiger partial charge in [-0.25, -0.2) is 8.42 Å². The Morgan fingerprint density at radius 3 is 2.39 bits per heavy atom. The summed E-state index contributed by atoms with van der Waals surface area (Å²) in [6.45, 7) is 0. The van der Waals surface area contributed by atoms with Crippen molar-refractivity contribution < 1.29 is 13.2 Å². The molecule has 8 heteroatoms. The number of anilines is 2. The normalized spacial score (nSPS) is 11.1. The predicted octanol–water partition coefficient (Wildman–Crippen LogP) is 5.22. The van der Waals surface area contributed by atoms with Crippen molar-refractivity contribution in [2.75, 3.05) is 16.3 Å². The lowest BCUT2D eigenvalue weighted by Crippen LogP contribution is -2.18. The Bertz CT molecular complexity index is 1100. The summed E-state index contributed by atoms with van der Waals surface area (Å²) < 4.78 is 28.6. The van der Waals surface area contributed by atoms with E-state index >= 15 is 0 Å². The highest BCUT2D eigenvalue weighted by Gasteiger charge is 2.18. The van der Waals surface area contributed by atoms with E-state index in [0.717, 1.165) is 9.37 Å². The van der Waals surface area contributed by atoms with Gasteiger partial charge in [-0.05, 0) is 60.9 Å². The van der Waals surface area contributed by atoms with Crippen LogP contribution >= 0.6 is 27.7 Å². The van der Waals surface area contributed by atoms with Crippen molar-refractivity contribution >= 4 is 55.0 Å². The van der Waals surface area contributed by atoms with Gasteiger partial charge in [-0.15, -0.1) is 11.8 Å². The molecule has 0 atom stereocenters. The third kappa shape index (κ3) is 4.95. The molecule has 1 amide bonds. The van der Waals surface area contributed by atoms with Crippen LogP contribution in [0.15, 0.2) is 87.1 Å². The molecule has 28 heavy (non-hydrogen) atoms. The van der Waals surface area contributed by atoms with Crippen LogP contribution in [-0.2, 0) is 10.0 Å². The molecular weight excluding hydrogens is 460 g/mol. The second-order valence-corrected chi connectivity index (χ2v) is 9.27. The van der Waals surface area contributed by atoms with Crippen molar-refractivity contribution in [2.45, 2.75) is 9.79 Å². The van der Waals surface area contributed by atoms with E-state index in [4.69, 9.17) is 0 Å². The smallest absolute Gasteiger partial charge is 0.261 e. The fraction of sp³-hybridized carbons (Fsp3) is 0.0500. The van der Waals surface area contributed by atoms with Crippen LogP contribution in [0.4, 0.5) is 11.4 Å². The number of hydrogen-bond acceptors (Lipinski definition) is 4. The molecule has 0 aliphatic heterocycles. The number of carbonyl (C=O) groups excluding carboxylic acids is 1. The lowest BCUT2D eigenvalue weighted by Gasteiger charge is -2.13. The minimum absolute atomic E-state index is 0.110. The maximum Gasteiger partial charge on any atom is 0.261 e. The molecule has 0 radical (unpaired) electrons. The van der Waals surface area contributed by atoms with E-state index in [1.54, 1.807) is 54.2 Å². The Balaban J connectivity index is 1.86. The average Bonchev–Trinajstić information content (AvgIpc) is 2.68. The van der Waals surface area contributed by atoms with Gasteiger partial charge in [0.2, 0.25) is 0 Å². The molecule has 3 aromatic rings. The summed E-state index contributed by atoms with van der Waals surface area (Å²) in [6.07, 6.45) is 1.95. The van der Waals surface area contributed by atoms with Crippen molar-refractivity contribution in [3.63, 3.8) is 0 Å². The second kappa shape index (κ2) is 8.81. The molecule has 0 aliphatic rings. The van der Waals surface area contributed by atoms with E-state index in [-0.39, 0.29) is 16.1 Å². The monoisotopic (exact) mass is 476 g/mol. The quantitative estimate of drug-likeness (QED) is 0.477. The summed E-state index contributed by atoms with van der Waals surface area (Å²) in [5.41, 5.74) is 1.09. The zero-order valence-corrected chi connectivity index (χ0v) is 18.1. The van der Waals surface area contributed by atoms with E-state index < -0.39 is 15.9 Å². The number of amides is 1. The van der Waals surface area contributed by atoms with Gasteiger partial charge in [-0.2, -0.15) is 0 Å². The predicted molar refractivity (Wildman–Crippen MR) is 118 cm³/mol. The number of para-hydroxylation sites is 1. The number of benzene rings is 3. The molecule has 0 heterocycles. The van der Waals surface area contributed by atoms with Crippen molar-refractivity contribution in [2.24, 2.45) is 0 Å². The topological polar surface area (TPSA) is 75.3 Å². The molecule has 2 N–H and O–H groups in total. The lowest BCUT2D eigenvalue weighted by atomic mass is 10.1. The number of rotatable bonds is 6. The molecular formula is C20H17BrN2O3S2. The number of nitrogens with one attached hydrogen (secondary N) is 2. The third-order valence-corrected chi connectivity index (χ3v) is 6.50. The van der Waals surface area contributed by atoms with Gasteiger partial charge in [0.05, 0.1) is 16.1 Å². The summed E-state index contributed by atoms with van der Waals surface area (Å²) in [4.78, 5) is 13.9. The molecule has 0 spiro atoms. The largest absolute Gasteiger partial charge is 0.322 e. The molecule has 3 rings (SSSR count). The van der Waals surface area contributed by atoms with E-state index in [9.17, 15) is 13.2 Å². The van der Waals surface area contributed by atoms with Crippen LogP contribution in [0.25, 0.3) is 0 Å². The standard InChI is InChI=1S/C20H17BrN2O3S2/c1-27-16-6-4-5-15(13-16)22-20(24)18-7-2-3-8-19(18)23-28(25,26)17-11-9-14(21)10-12-17/h2-13,23H,1H3,(H,22,24). The van der Waals surface area contributed by atoms with E-state index in [1.807, 2.05) is 24.5 Å². The number of hydrogen-bond donors (Lipinski definition) is 2. The first-order chi connectivity index (χ1) is 13.4. The first-order valence-electron chi connectivity index (χ1n) is 8.22. The van der Waals surface area contributed by atoms with Crippen LogP contribution in [0.1, 0.15) is 10.4 Å². The number of sulfonamides is 1. The number of halogens is 1. The molecule has 144 valence electrons. The summed E-state index contributed by atoms with van der Waals surface area (Å²) in [7, 11) is -3.82. The van der Waals surface area contributed by atoms with Gasteiger partial charge < -0.3 is 5.32 Å². The van der Waals surface area contributed by atoms with E-state index in [0.29, 0.717) is 5.69 Å². The van der Waals surface area contributed by atoms with E-state index in [1.165, 1.54) is 12.1 Å². The van der Waals surface area contributed by atoms with Crippen LogP contribution in [0.2, 0.25) is 0 Å². The van der Waals surface area contributed by atoms with Gasteiger partial charge in [-0.3, -0.25) is 9.52 Å².